The molecule has 0 fully saturated rings. The van der Waals surface area contributed by atoms with Crippen LogP contribution in [0, 0.1) is 20.2 Å². The number of hydrazone groups is 1. The topological polar surface area (TPSA) is 145 Å². The van der Waals surface area contributed by atoms with Crippen molar-refractivity contribution in [2.24, 2.45) is 5.10 Å². The number of anilines is 1. The van der Waals surface area contributed by atoms with Crippen molar-refractivity contribution in [2.45, 2.75) is 0 Å². The molecule has 0 radical (unpaired) electrons. The van der Waals surface area contributed by atoms with E-state index in [1.807, 2.05) is 0 Å². The Balaban J connectivity index is 2.43. The van der Waals surface area contributed by atoms with Crippen LogP contribution in [0.3, 0.4) is 0 Å². The quantitative estimate of drug-likeness (QED) is 0.442. The molecule has 0 atom stereocenters. The summed E-state index contributed by atoms with van der Waals surface area (Å²) in [6, 6.07) is 11.5. The molecule has 2 rings (SSSR count). The van der Waals surface area contributed by atoms with E-state index in [4.69, 9.17) is 0 Å². The number of hydrogen-bond donors (Lipinski definition) is 1. The van der Waals surface area contributed by atoms with Gasteiger partial charge in [-0.25, -0.2) is 8.42 Å². The molecule has 136 valence electrons. The first kappa shape index (κ1) is 19.0. The lowest BCUT2D eigenvalue weighted by molar-refractivity contribution is -0.393. The number of sulfone groups is 1. The molecule has 0 amide bonds. The van der Waals surface area contributed by atoms with Gasteiger partial charge in [0.2, 0.25) is 0 Å². The van der Waals surface area contributed by atoms with Crippen LogP contribution in [0.2, 0.25) is 0 Å². The highest BCUT2D eigenvalue weighted by molar-refractivity contribution is 7.91. The van der Waals surface area contributed by atoms with Gasteiger partial charge in [-0.3, -0.25) is 25.7 Å². The molecule has 0 aromatic heterocycles. The second-order valence-electron chi connectivity index (χ2n) is 5.32. The molecule has 0 saturated heterocycles. The summed E-state index contributed by atoms with van der Waals surface area (Å²) in [7, 11) is -3.41. The van der Waals surface area contributed by atoms with E-state index in [1.54, 1.807) is 30.3 Å². The molecule has 0 spiro atoms. The maximum atomic E-state index is 11.6. The number of benzene rings is 2. The van der Waals surface area contributed by atoms with Gasteiger partial charge < -0.3 is 0 Å². The number of nitro groups is 2. The van der Waals surface area contributed by atoms with Crippen molar-refractivity contribution >= 4 is 32.6 Å². The van der Waals surface area contributed by atoms with Crippen LogP contribution in [-0.4, -0.2) is 36.0 Å². The second-order valence-corrected chi connectivity index (χ2v) is 7.46. The highest BCUT2D eigenvalue weighted by atomic mass is 32.2. The zero-order chi connectivity index (χ0) is 19.3. The van der Waals surface area contributed by atoms with Crippen LogP contribution in [0.15, 0.2) is 53.6 Å². The molecule has 0 aliphatic rings. The summed E-state index contributed by atoms with van der Waals surface area (Å²) in [5, 5.41) is 25.9. The van der Waals surface area contributed by atoms with E-state index in [1.165, 1.54) is 0 Å². The van der Waals surface area contributed by atoms with Gasteiger partial charge in [-0.05, 0) is 11.6 Å². The summed E-state index contributed by atoms with van der Waals surface area (Å²) in [6.45, 7) is 0. The molecule has 2 aromatic rings. The lowest BCUT2D eigenvalue weighted by Gasteiger charge is -2.07. The molecule has 2 aromatic carbocycles. The maximum absolute atomic E-state index is 11.6. The second kappa shape index (κ2) is 7.70. The van der Waals surface area contributed by atoms with Gasteiger partial charge in [-0.2, -0.15) is 5.10 Å². The SMILES string of the molecule is CS(=O)(=O)C/C(=N\Nc1ccc([N+](=O)[O-])cc1[N+](=O)[O-])c1ccccc1. The van der Waals surface area contributed by atoms with Crippen molar-refractivity contribution in [1.29, 1.82) is 0 Å². The van der Waals surface area contributed by atoms with Crippen molar-refractivity contribution in [2.75, 3.05) is 17.4 Å². The Hall–Kier alpha value is -3.34. The maximum Gasteiger partial charge on any atom is 0.301 e. The highest BCUT2D eigenvalue weighted by Gasteiger charge is 2.20. The third-order valence-corrected chi connectivity index (χ3v) is 4.00. The van der Waals surface area contributed by atoms with E-state index >= 15 is 0 Å². The molecule has 0 heterocycles. The van der Waals surface area contributed by atoms with Gasteiger partial charge in [-0.15, -0.1) is 0 Å². The number of nitrogens with zero attached hydrogens (tertiary/aromatic N) is 3. The first-order valence-electron chi connectivity index (χ1n) is 7.16. The molecule has 10 nitrogen and oxygen atoms in total. The zero-order valence-corrected chi connectivity index (χ0v) is 14.3. The van der Waals surface area contributed by atoms with E-state index in [2.05, 4.69) is 10.5 Å². The van der Waals surface area contributed by atoms with Crippen LogP contribution in [0.25, 0.3) is 0 Å². The van der Waals surface area contributed by atoms with Gasteiger partial charge >= 0.3 is 5.69 Å². The number of nitro benzene ring substituents is 2. The standard InChI is InChI=1S/C15H14N4O6S/c1-26(24,25)10-14(11-5-3-2-4-6-11)17-16-13-8-7-12(18(20)21)9-15(13)19(22)23/h2-9,16H,10H2,1H3/b17-14+. The lowest BCUT2D eigenvalue weighted by Crippen LogP contribution is -2.17. The van der Waals surface area contributed by atoms with Crippen LogP contribution in [0.4, 0.5) is 17.1 Å². The smallest absolute Gasteiger partial charge is 0.271 e. The summed E-state index contributed by atoms with van der Waals surface area (Å²) < 4.78 is 23.3. The Bertz CT molecular complexity index is 973. The molecule has 0 bridgehead atoms. The minimum absolute atomic E-state index is 0.0949. The fraction of sp³-hybridized carbons (Fsp3) is 0.133. The van der Waals surface area contributed by atoms with Crippen molar-refractivity contribution < 1.29 is 18.3 Å². The third kappa shape index (κ3) is 5.08. The van der Waals surface area contributed by atoms with E-state index < -0.39 is 31.1 Å². The minimum Gasteiger partial charge on any atom is -0.271 e. The molecule has 26 heavy (non-hydrogen) atoms. The molecule has 0 saturated carbocycles. The molecule has 0 aliphatic heterocycles. The fourth-order valence-corrected chi connectivity index (χ4v) is 2.79. The Morgan fingerprint density at radius 3 is 2.27 bits per heavy atom. The van der Waals surface area contributed by atoms with Gasteiger partial charge in [0, 0.05) is 12.3 Å². The molecule has 11 heteroatoms. The number of non-ortho nitro benzene ring substituents is 1. The predicted molar refractivity (Wildman–Crippen MR) is 96.1 cm³/mol. The van der Waals surface area contributed by atoms with Gasteiger partial charge in [0.15, 0.2) is 9.84 Å². The van der Waals surface area contributed by atoms with Crippen LogP contribution in [-0.2, 0) is 9.84 Å². The van der Waals surface area contributed by atoms with Crippen LogP contribution >= 0.6 is 0 Å². The average Bonchev–Trinajstić information content (AvgIpc) is 2.58. The molecular formula is C15H14N4O6S. The fourth-order valence-electron chi connectivity index (χ4n) is 2.07. The van der Waals surface area contributed by atoms with Crippen LogP contribution in [0.1, 0.15) is 5.56 Å². The largest absolute Gasteiger partial charge is 0.301 e. The van der Waals surface area contributed by atoms with E-state index in [0.717, 1.165) is 24.5 Å². The molecular weight excluding hydrogens is 364 g/mol. The first-order valence-corrected chi connectivity index (χ1v) is 9.22. The summed E-state index contributed by atoms with van der Waals surface area (Å²) in [6.07, 6.45) is 1.04. The normalized spacial score (nSPS) is 11.8. The summed E-state index contributed by atoms with van der Waals surface area (Å²) in [5.41, 5.74) is 2.04. The van der Waals surface area contributed by atoms with Gasteiger partial charge in [0.1, 0.15) is 5.69 Å². The highest BCUT2D eigenvalue weighted by Crippen LogP contribution is 2.29. The van der Waals surface area contributed by atoms with E-state index in [9.17, 15) is 28.6 Å². The summed E-state index contributed by atoms with van der Waals surface area (Å²) >= 11 is 0. The van der Waals surface area contributed by atoms with E-state index in [-0.39, 0.29) is 17.2 Å². The lowest BCUT2D eigenvalue weighted by atomic mass is 10.1. The van der Waals surface area contributed by atoms with Crippen molar-refractivity contribution in [1.82, 2.24) is 0 Å². The van der Waals surface area contributed by atoms with Crippen LogP contribution in [0.5, 0.6) is 0 Å². The Labute approximate surface area is 148 Å². The Morgan fingerprint density at radius 2 is 1.73 bits per heavy atom. The minimum atomic E-state index is -3.41. The van der Waals surface area contributed by atoms with Crippen LogP contribution < -0.4 is 5.43 Å². The first-order chi connectivity index (χ1) is 12.2. The zero-order valence-electron chi connectivity index (χ0n) is 13.5. The monoisotopic (exact) mass is 378 g/mol. The molecule has 0 aliphatic carbocycles. The van der Waals surface area contributed by atoms with Gasteiger partial charge in [0.25, 0.3) is 5.69 Å². The van der Waals surface area contributed by atoms with Gasteiger partial charge in [-0.1, -0.05) is 30.3 Å². The van der Waals surface area contributed by atoms with Crippen molar-refractivity contribution in [3.63, 3.8) is 0 Å². The molecule has 0 unspecified atom stereocenters. The third-order valence-electron chi connectivity index (χ3n) is 3.21. The Morgan fingerprint density at radius 1 is 1.08 bits per heavy atom. The van der Waals surface area contributed by atoms with Crippen molar-refractivity contribution in [3.05, 3.63) is 74.3 Å². The number of hydrogen-bond acceptors (Lipinski definition) is 8. The van der Waals surface area contributed by atoms with Crippen molar-refractivity contribution in [3.8, 4) is 0 Å². The van der Waals surface area contributed by atoms with Gasteiger partial charge in [0.05, 0.1) is 27.4 Å². The summed E-state index contributed by atoms with van der Waals surface area (Å²) in [5.74, 6) is -0.384. The predicted octanol–water partition coefficient (Wildman–Crippen LogP) is 2.36. The average molecular weight is 378 g/mol. The number of nitrogens with one attached hydrogen (secondary N) is 1. The van der Waals surface area contributed by atoms with E-state index in [0.29, 0.717) is 5.56 Å². The Kier molecular flexibility index (Phi) is 5.62. The number of rotatable bonds is 7. The molecule has 1 N–H and O–H groups in total. The summed E-state index contributed by atoms with van der Waals surface area (Å²) in [4.78, 5) is 20.4.